The molecular weight excluding hydrogens is 340 g/mol. The Morgan fingerprint density at radius 3 is 2.93 bits per heavy atom. The summed E-state index contributed by atoms with van der Waals surface area (Å²) in [6, 6.07) is 12.5. The van der Waals surface area contributed by atoms with Crippen molar-refractivity contribution < 1.29 is 9.53 Å². The molecule has 1 amide bonds. The Bertz CT molecular complexity index is 740. The van der Waals surface area contributed by atoms with Gasteiger partial charge in [-0.05, 0) is 43.9 Å². The highest BCUT2D eigenvalue weighted by molar-refractivity contribution is 5.92. The van der Waals surface area contributed by atoms with Crippen molar-refractivity contribution in [2.75, 3.05) is 26.2 Å². The smallest absolute Gasteiger partial charge is 0.271 e. The topological polar surface area (TPSA) is 68.2 Å². The van der Waals surface area contributed by atoms with Gasteiger partial charge in [0.25, 0.3) is 5.91 Å². The SMILES string of the molecule is O=C(NCC1CCCOC1c1ccccc1)c1ccn(C2CCCNC2)n1. The van der Waals surface area contributed by atoms with E-state index >= 15 is 0 Å². The van der Waals surface area contributed by atoms with E-state index in [9.17, 15) is 4.79 Å². The molecule has 1 aromatic heterocycles. The van der Waals surface area contributed by atoms with Gasteiger partial charge < -0.3 is 15.4 Å². The van der Waals surface area contributed by atoms with Crippen LogP contribution in [0, 0.1) is 5.92 Å². The summed E-state index contributed by atoms with van der Waals surface area (Å²) < 4.78 is 7.95. The van der Waals surface area contributed by atoms with Crippen LogP contribution in [0.5, 0.6) is 0 Å². The molecule has 2 aromatic rings. The minimum atomic E-state index is -0.102. The summed E-state index contributed by atoms with van der Waals surface area (Å²) in [5, 5.41) is 11.0. The standard InChI is InChI=1S/C21H28N4O2/c26-21(19-10-12-25(24-19)18-9-4-11-22-15-18)23-14-17-8-5-13-27-20(17)16-6-2-1-3-7-16/h1-3,6-7,10,12,17-18,20,22H,4-5,8-9,11,13-15H2,(H,23,26). The normalized spacial score (nSPS) is 25.9. The molecule has 6 nitrogen and oxygen atoms in total. The minimum Gasteiger partial charge on any atom is -0.373 e. The van der Waals surface area contributed by atoms with E-state index < -0.39 is 0 Å². The van der Waals surface area contributed by atoms with Crippen LogP contribution in [0.3, 0.4) is 0 Å². The lowest BCUT2D eigenvalue weighted by molar-refractivity contribution is -0.0272. The molecule has 0 spiro atoms. The van der Waals surface area contributed by atoms with Crippen LogP contribution in [0.15, 0.2) is 42.6 Å². The molecule has 2 saturated heterocycles. The van der Waals surface area contributed by atoms with Crippen LogP contribution in [0.2, 0.25) is 0 Å². The Kier molecular flexibility index (Phi) is 5.84. The predicted octanol–water partition coefficient (Wildman–Crippen LogP) is 2.71. The molecule has 0 bridgehead atoms. The second-order valence-electron chi connectivity index (χ2n) is 7.50. The van der Waals surface area contributed by atoms with Crippen molar-refractivity contribution in [2.45, 2.75) is 37.8 Å². The average molecular weight is 368 g/mol. The summed E-state index contributed by atoms with van der Waals surface area (Å²) in [5.41, 5.74) is 1.68. The molecule has 0 aliphatic carbocycles. The van der Waals surface area contributed by atoms with E-state index in [0.717, 1.165) is 45.4 Å². The zero-order valence-electron chi connectivity index (χ0n) is 15.6. The number of benzene rings is 1. The second-order valence-corrected chi connectivity index (χ2v) is 7.50. The molecule has 4 rings (SSSR count). The van der Waals surface area contributed by atoms with Gasteiger partial charge in [-0.25, -0.2) is 0 Å². The van der Waals surface area contributed by atoms with E-state index in [0.29, 0.717) is 18.3 Å². The maximum Gasteiger partial charge on any atom is 0.271 e. The van der Waals surface area contributed by atoms with Crippen LogP contribution >= 0.6 is 0 Å². The quantitative estimate of drug-likeness (QED) is 0.851. The van der Waals surface area contributed by atoms with Crippen LogP contribution in [-0.4, -0.2) is 41.9 Å². The van der Waals surface area contributed by atoms with E-state index in [-0.39, 0.29) is 17.9 Å². The lowest BCUT2D eigenvalue weighted by Gasteiger charge is -2.32. The van der Waals surface area contributed by atoms with Gasteiger partial charge in [0.2, 0.25) is 0 Å². The molecule has 6 heteroatoms. The highest BCUT2D eigenvalue weighted by Gasteiger charge is 2.28. The molecular formula is C21H28N4O2. The molecule has 27 heavy (non-hydrogen) atoms. The van der Waals surface area contributed by atoms with Crippen LogP contribution in [0.1, 0.15) is 53.9 Å². The number of aromatic nitrogens is 2. The van der Waals surface area contributed by atoms with Crippen molar-refractivity contribution >= 4 is 5.91 Å². The molecule has 2 fully saturated rings. The third kappa shape index (κ3) is 4.39. The average Bonchev–Trinajstić information content (AvgIpc) is 3.24. The van der Waals surface area contributed by atoms with Crippen molar-refractivity contribution in [3.63, 3.8) is 0 Å². The van der Waals surface area contributed by atoms with Crippen LogP contribution < -0.4 is 10.6 Å². The minimum absolute atomic E-state index is 0.0473. The molecule has 2 N–H and O–H groups in total. The number of rotatable bonds is 5. The highest BCUT2D eigenvalue weighted by atomic mass is 16.5. The van der Waals surface area contributed by atoms with E-state index in [1.165, 1.54) is 5.56 Å². The van der Waals surface area contributed by atoms with Gasteiger partial charge in [-0.15, -0.1) is 0 Å². The van der Waals surface area contributed by atoms with Gasteiger partial charge in [-0.3, -0.25) is 9.48 Å². The lowest BCUT2D eigenvalue weighted by atomic mass is 9.89. The summed E-state index contributed by atoms with van der Waals surface area (Å²) in [6.07, 6.45) is 6.31. The van der Waals surface area contributed by atoms with Crippen molar-refractivity contribution in [1.82, 2.24) is 20.4 Å². The summed E-state index contributed by atoms with van der Waals surface area (Å²) in [5.74, 6) is 0.185. The van der Waals surface area contributed by atoms with Gasteiger partial charge in [0.1, 0.15) is 5.69 Å². The van der Waals surface area contributed by atoms with E-state index in [2.05, 4.69) is 27.9 Å². The van der Waals surface area contributed by atoms with Gasteiger partial charge in [0.05, 0.1) is 12.1 Å². The van der Waals surface area contributed by atoms with E-state index in [1.54, 1.807) is 0 Å². The van der Waals surface area contributed by atoms with Gasteiger partial charge >= 0.3 is 0 Å². The zero-order chi connectivity index (χ0) is 18.5. The molecule has 144 valence electrons. The first kappa shape index (κ1) is 18.2. The highest BCUT2D eigenvalue weighted by Crippen LogP contribution is 2.33. The number of amides is 1. The number of nitrogens with one attached hydrogen (secondary N) is 2. The summed E-state index contributed by atoms with van der Waals surface area (Å²) in [4.78, 5) is 12.6. The molecule has 3 heterocycles. The Morgan fingerprint density at radius 1 is 1.22 bits per heavy atom. The number of hydrogen-bond donors (Lipinski definition) is 2. The third-order valence-electron chi connectivity index (χ3n) is 5.58. The zero-order valence-corrected chi connectivity index (χ0v) is 15.6. The molecule has 1 aromatic carbocycles. The van der Waals surface area contributed by atoms with Crippen LogP contribution in [-0.2, 0) is 4.74 Å². The van der Waals surface area contributed by atoms with Crippen LogP contribution in [0.25, 0.3) is 0 Å². The Balaban J connectivity index is 1.36. The van der Waals surface area contributed by atoms with E-state index in [4.69, 9.17) is 4.74 Å². The number of hydrogen-bond acceptors (Lipinski definition) is 4. The first-order valence-corrected chi connectivity index (χ1v) is 10.0. The third-order valence-corrected chi connectivity index (χ3v) is 5.58. The Hall–Kier alpha value is -2.18. The van der Waals surface area contributed by atoms with Crippen molar-refractivity contribution in [3.8, 4) is 0 Å². The fraction of sp³-hybridized carbons (Fsp3) is 0.524. The van der Waals surface area contributed by atoms with Crippen LogP contribution in [0.4, 0.5) is 0 Å². The lowest BCUT2D eigenvalue weighted by Crippen LogP contribution is -2.35. The fourth-order valence-corrected chi connectivity index (χ4v) is 4.10. The first-order valence-electron chi connectivity index (χ1n) is 10.0. The second kappa shape index (κ2) is 8.67. The number of carbonyl (C=O) groups is 1. The Labute approximate surface area is 160 Å². The molecule has 0 radical (unpaired) electrons. The molecule has 0 saturated carbocycles. The molecule has 3 unspecified atom stereocenters. The number of nitrogens with zero attached hydrogens (tertiary/aromatic N) is 2. The summed E-state index contributed by atoms with van der Waals surface area (Å²) in [6.45, 7) is 3.37. The first-order chi connectivity index (χ1) is 13.3. The maximum absolute atomic E-state index is 12.6. The van der Waals surface area contributed by atoms with Crippen molar-refractivity contribution in [1.29, 1.82) is 0 Å². The number of carbonyl (C=O) groups excluding carboxylic acids is 1. The molecule has 2 aliphatic rings. The van der Waals surface area contributed by atoms with Gasteiger partial charge in [0, 0.05) is 31.8 Å². The maximum atomic E-state index is 12.6. The summed E-state index contributed by atoms with van der Waals surface area (Å²) in [7, 11) is 0. The van der Waals surface area contributed by atoms with Gasteiger partial charge in [0.15, 0.2) is 0 Å². The predicted molar refractivity (Wildman–Crippen MR) is 104 cm³/mol. The van der Waals surface area contributed by atoms with E-state index in [1.807, 2.05) is 35.1 Å². The number of piperidine rings is 1. The van der Waals surface area contributed by atoms with Gasteiger partial charge in [-0.2, -0.15) is 5.10 Å². The van der Waals surface area contributed by atoms with Gasteiger partial charge in [-0.1, -0.05) is 30.3 Å². The Morgan fingerprint density at radius 2 is 2.11 bits per heavy atom. The molecule has 2 aliphatic heterocycles. The summed E-state index contributed by atoms with van der Waals surface area (Å²) >= 11 is 0. The largest absolute Gasteiger partial charge is 0.373 e. The molecule has 3 atom stereocenters. The monoisotopic (exact) mass is 368 g/mol. The van der Waals surface area contributed by atoms with Crippen molar-refractivity contribution in [2.24, 2.45) is 5.92 Å². The number of ether oxygens (including phenoxy) is 1. The van der Waals surface area contributed by atoms with Crippen molar-refractivity contribution in [3.05, 3.63) is 53.9 Å². The fourth-order valence-electron chi connectivity index (χ4n) is 4.10.